The van der Waals surface area contributed by atoms with Gasteiger partial charge in [0.25, 0.3) is 0 Å². The van der Waals surface area contributed by atoms with Crippen LogP contribution in [-0.2, 0) is 28.6 Å². The fourth-order valence-electron chi connectivity index (χ4n) is 10.7. The molecule has 13 atom stereocenters. The topological polar surface area (TPSA) is 160 Å². The standard InChI is InChI=1S/C33H48O10/c1-17-7-12-33(41-16-17)18(2)26-24(43-33)14-23-21-6-5-19-13-20(8-10-30(19,3)22(21)9-11-31(23,26)4)42-28(37)27(36)32(40,29(38)39)15-25(34)35/h5,17-18,20-24,26-27,36,40H,6-16H2,1-4H3,(H,34,35)(H,38,39)/t17-,18+,20?,21?,22?,23?,24?,26?,27?,30?,31?,32?,33+/m1/s1. The second kappa shape index (κ2) is 10.5. The van der Waals surface area contributed by atoms with Gasteiger partial charge in [0.05, 0.1) is 19.1 Å². The van der Waals surface area contributed by atoms with E-state index < -0.39 is 47.9 Å². The number of esters is 1. The van der Waals surface area contributed by atoms with Crippen molar-refractivity contribution in [2.75, 3.05) is 6.61 Å². The molecule has 10 heteroatoms. The molecule has 2 heterocycles. The summed E-state index contributed by atoms with van der Waals surface area (Å²) >= 11 is 0. The molecule has 4 aliphatic carbocycles. The minimum atomic E-state index is -3.17. The molecule has 1 spiro atoms. The lowest BCUT2D eigenvalue weighted by Gasteiger charge is -2.58. The third kappa shape index (κ3) is 4.69. The van der Waals surface area contributed by atoms with Crippen LogP contribution in [-0.4, -0.2) is 74.6 Å². The first-order valence-electron chi connectivity index (χ1n) is 16.2. The molecule has 0 aromatic heterocycles. The normalized spacial score (nSPS) is 47.3. The maximum atomic E-state index is 12.7. The molecule has 5 fully saturated rings. The fraction of sp³-hybridized carbons (Fsp3) is 0.848. The van der Waals surface area contributed by atoms with Crippen LogP contribution in [0.2, 0.25) is 0 Å². The number of fused-ring (bicyclic) bond motifs is 7. The van der Waals surface area contributed by atoms with E-state index in [0.717, 1.165) is 51.6 Å². The highest BCUT2D eigenvalue weighted by Gasteiger charge is 2.68. The number of carboxylic acids is 2. The Morgan fingerprint density at radius 3 is 2.49 bits per heavy atom. The zero-order valence-corrected chi connectivity index (χ0v) is 25.8. The average Bonchev–Trinajstić information content (AvgIpc) is 3.39. The minimum Gasteiger partial charge on any atom is -0.481 e. The molecule has 6 rings (SSSR count). The Labute approximate surface area is 253 Å². The summed E-state index contributed by atoms with van der Waals surface area (Å²) in [7, 11) is 0. The van der Waals surface area contributed by atoms with Crippen LogP contribution in [0.1, 0.15) is 91.9 Å². The SMILES string of the molecule is C[C@@H]1CC[C@]2(OC1)OC1CC3C4CC=C5CC(OC(=O)C(O)C(O)(CC(=O)O)C(=O)O)CCC5(C)C4CCC3(C)C1[C@@H]2C. The van der Waals surface area contributed by atoms with Crippen molar-refractivity contribution in [2.45, 2.75) is 122 Å². The van der Waals surface area contributed by atoms with Gasteiger partial charge in [-0.3, -0.25) is 4.79 Å². The number of rotatable bonds is 6. The van der Waals surface area contributed by atoms with Crippen molar-refractivity contribution in [2.24, 2.45) is 46.3 Å². The summed E-state index contributed by atoms with van der Waals surface area (Å²) in [5.41, 5.74) is -1.75. The van der Waals surface area contributed by atoms with Crippen LogP contribution in [0, 0.1) is 46.3 Å². The van der Waals surface area contributed by atoms with E-state index in [1.807, 2.05) is 0 Å². The fourth-order valence-corrected chi connectivity index (χ4v) is 10.7. The van der Waals surface area contributed by atoms with Crippen molar-refractivity contribution in [3.05, 3.63) is 11.6 Å². The summed E-state index contributed by atoms with van der Waals surface area (Å²) in [4.78, 5) is 35.3. The number of aliphatic hydroxyl groups is 2. The smallest absolute Gasteiger partial charge is 0.339 e. The Morgan fingerprint density at radius 1 is 1.09 bits per heavy atom. The Hall–Kier alpha value is -2.01. The van der Waals surface area contributed by atoms with Crippen molar-refractivity contribution in [1.29, 1.82) is 0 Å². The first-order chi connectivity index (χ1) is 20.1. The summed E-state index contributed by atoms with van der Waals surface area (Å²) in [6.07, 6.45) is 6.44. The third-order valence-corrected chi connectivity index (χ3v) is 13.1. The summed E-state index contributed by atoms with van der Waals surface area (Å²) in [5, 5.41) is 38.9. The first-order valence-corrected chi connectivity index (χ1v) is 16.2. The van der Waals surface area contributed by atoms with Crippen LogP contribution in [0.5, 0.6) is 0 Å². The number of aliphatic hydroxyl groups excluding tert-OH is 1. The molecule has 10 unspecified atom stereocenters. The van der Waals surface area contributed by atoms with Gasteiger partial charge in [-0.15, -0.1) is 0 Å². The predicted octanol–water partition coefficient (Wildman–Crippen LogP) is 3.92. The van der Waals surface area contributed by atoms with Crippen molar-refractivity contribution >= 4 is 17.9 Å². The van der Waals surface area contributed by atoms with E-state index in [9.17, 15) is 29.7 Å². The highest BCUT2D eigenvalue weighted by molar-refractivity contribution is 5.91. The van der Waals surface area contributed by atoms with Gasteiger partial charge in [-0.05, 0) is 85.4 Å². The van der Waals surface area contributed by atoms with Crippen LogP contribution in [0.3, 0.4) is 0 Å². The number of carbonyl (C=O) groups is 3. The largest absolute Gasteiger partial charge is 0.481 e. The molecular formula is C33H48O10. The Kier molecular flexibility index (Phi) is 7.59. The van der Waals surface area contributed by atoms with E-state index in [1.54, 1.807) is 0 Å². The predicted molar refractivity (Wildman–Crippen MR) is 152 cm³/mol. The van der Waals surface area contributed by atoms with Gasteiger partial charge in [0.2, 0.25) is 5.60 Å². The van der Waals surface area contributed by atoms with Crippen LogP contribution in [0.4, 0.5) is 0 Å². The molecule has 2 saturated heterocycles. The van der Waals surface area contributed by atoms with Gasteiger partial charge in [-0.25, -0.2) is 9.59 Å². The molecule has 43 heavy (non-hydrogen) atoms. The molecule has 10 nitrogen and oxygen atoms in total. The first kappa shape index (κ1) is 31.0. The Balaban J connectivity index is 1.14. The van der Waals surface area contributed by atoms with E-state index in [2.05, 4.69) is 33.8 Å². The van der Waals surface area contributed by atoms with Crippen molar-refractivity contribution in [3.63, 3.8) is 0 Å². The van der Waals surface area contributed by atoms with Crippen molar-refractivity contribution < 1.29 is 49.0 Å². The number of hydrogen-bond acceptors (Lipinski definition) is 8. The monoisotopic (exact) mass is 604 g/mol. The van der Waals surface area contributed by atoms with Crippen LogP contribution >= 0.6 is 0 Å². The second-order valence-electron chi connectivity index (χ2n) is 15.3. The van der Waals surface area contributed by atoms with Crippen molar-refractivity contribution in [3.8, 4) is 0 Å². The number of allylic oxidation sites excluding steroid dienone is 1. The van der Waals surface area contributed by atoms with E-state index in [1.165, 1.54) is 5.57 Å². The molecule has 2 aliphatic heterocycles. The third-order valence-electron chi connectivity index (χ3n) is 13.1. The van der Waals surface area contributed by atoms with Gasteiger partial charge in [0.15, 0.2) is 11.9 Å². The van der Waals surface area contributed by atoms with E-state index in [0.29, 0.717) is 48.3 Å². The van der Waals surface area contributed by atoms with Gasteiger partial charge in [-0.1, -0.05) is 39.3 Å². The zero-order chi connectivity index (χ0) is 31.1. The molecule has 4 N–H and O–H groups in total. The maximum absolute atomic E-state index is 12.7. The van der Waals surface area contributed by atoms with E-state index >= 15 is 0 Å². The molecule has 6 aliphatic rings. The number of ether oxygens (including phenoxy) is 3. The van der Waals surface area contributed by atoms with Gasteiger partial charge < -0.3 is 34.6 Å². The second-order valence-corrected chi connectivity index (χ2v) is 15.3. The summed E-state index contributed by atoms with van der Waals surface area (Å²) in [5.74, 6) is -2.29. The molecule has 0 amide bonds. The Morgan fingerprint density at radius 2 is 1.84 bits per heavy atom. The van der Waals surface area contributed by atoms with Gasteiger partial charge in [0.1, 0.15) is 6.10 Å². The summed E-state index contributed by atoms with van der Waals surface area (Å²) in [6, 6.07) is 0. The van der Waals surface area contributed by atoms with Crippen molar-refractivity contribution in [1.82, 2.24) is 0 Å². The molecule has 0 bridgehead atoms. The molecule has 240 valence electrons. The van der Waals surface area contributed by atoms with Crippen LogP contribution in [0.15, 0.2) is 11.6 Å². The lowest BCUT2D eigenvalue weighted by molar-refractivity contribution is -0.272. The zero-order valence-electron chi connectivity index (χ0n) is 25.8. The molecule has 0 radical (unpaired) electrons. The van der Waals surface area contributed by atoms with E-state index in [-0.39, 0.29) is 16.9 Å². The van der Waals surface area contributed by atoms with Gasteiger partial charge in [0, 0.05) is 18.8 Å². The molecule has 0 aromatic rings. The van der Waals surface area contributed by atoms with Gasteiger partial charge in [-0.2, -0.15) is 0 Å². The van der Waals surface area contributed by atoms with Crippen LogP contribution < -0.4 is 0 Å². The quantitative estimate of drug-likeness (QED) is 0.259. The minimum absolute atomic E-state index is 0.0368. The lowest BCUT2D eigenvalue weighted by atomic mass is 9.47. The summed E-state index contributed by atoms with van der Waals surface area (Å²) in [6.45, 7) is 10.2. The Bertz CT molecular complexity index is 1190. The average molecular weight is 605 g/mol. The number of carbonyl (C=O) groups excluding carboxylic acids is 1. The number of aliphatic carboxylic acids is 2. The van der Waals surface area contributed by atoms with Gasteiger partial charge >= 0.3 is 17.9 Å². The molecular weight excluding hydrogens is 556 g/mol. The summed E-state index contributed by atoms with van der Waals surface area (Å²) < 4.78 is 18.8. The highest BCUT2D eigenvalue weighted by atomic mass is 16.7. The van der Waals surface area contributed by atoms with Crippen LogP contribution in [0.25, 0.3) is 0 Å². The maximum Gasteiger partial charge on any atom is 0.339 e. The number of carboxylic acid groups (broad SMARTS) is 2. The highest BCUT2D eigenvalue weighted by Crippen LogP contribution is 2.70. The lowest BCUT2D eigenvalue weighted by Crippen LogP contribution is -2.55. The van der Waals surface area contributed by atoms with E-state index in [4.69, 9.17) is 19.3 Å². The molecule has 3 saturated carbocycles. The number of hydrogen-bond donors (Lipinski definition) is 4. The molecule has 0 aromatic carbocycles.